The van der Waals surface area contributed by atoms with Crippen molar-refractivity contribution in [2.45, 2.75) is 31.5 Å². The Hall–Kier alpha value is -3.75. The summed E-state index contributed by atoms with van der Waals surface area (Å²) in [6.45, 7) is -1.27. The van der Waals surface area contributed by atoms with Crippen molar-refractivity contribution in [1.82, 2.24) is 14.7 Å². The van der Waals surface area contributed by atoms with Crippen molar-refractivity contribution in [3.8, 4) is 28.0 Å². The van der Waals surface area contributed by atoms with E-state index in [1.807, 2.05) is 35.1 Å². The van der Waals surface area contributed by atoms with Crippen LogP contribution in [0.4, 0.5) is 13.2 Å². The minimum atomic E-state index is -4.45. The first kappa shape index (κ1) is 21.8. The Morgan fingerprint density at radius 3 is 2.71 bits per heavy atom. The Bertz CT molecular complexity index is 1430. The summed E-state index contributed by atoms with van der Waals surface area (Å²) < 4.78 is 52.0. The van der Waals surface area contributed by atoms with Crippen molar-refractivity contribution >= 4 is 16.9 Å². The normalized spacial score (nSPS) is 16.1. The molecule has 0 atom stereocenters. The molecule has 2 aliphatic rings. The molecule has 1 aliphatic carbocycles. The second kappa shape index (κ2) is 7.90. The summed E-state index contributed by atoms with van der Waals surface area (Å²) in [5.74, 6) is -0.409. The minimum Gasteiger partial charge on any atom is -0.496 e. The van der Waals surface area contributed by atoms with Crippen molar-refractivity contribution in [1.29, 1.82) is 0 Å². The average molecular weight is 481 g/mol. The predicted molar refractivity (Wildman–Crippen MR) is 123 cm³/mol. The number of aromatic nitrogens is 2. The zero-order valence-electron chi connectivity index (χ0n) is 18.9. The number of hydrogen-bond donors (Lipinski definition) is 0. The lowest BCUT2D eigenvalue weighted by Crippen LogP contribution is -2.43. The summed E-state index contributed by atoms with van der Waals surface area (Å²) in [5, 5.41) is 5.35. The van der Waals surface area contributed by atoms with Crippen LogP contribution in [0.5, 0.6) is 5.75 Å². The highest BCUT2D eigenvalue weighted by molar-refractivity contribution is 6.02. The monoisotopic (exact) mass is 481 g/mol. The SMILES string of the molecule is COc1cc(-c2coc3cc(-c4cnn(C5CC5)c4)ccc23)cc2c1C(=O)N(CC(F)(F)F)CC2. The van der Waals surface area contributed by atoms with Gasteiger partial charge < -0.3 is 14.1 Å². The second-order valence-corrected chi connectivity index (χ2v) is 9.11. The molecule has 4 aromatic rings. The maximum Gasteiger partial charge on any atom is 0.406 e. The summed E-state index contributed by atoms with van der Waals surface area (Å²) in [6.07, 6.45) is 3.75. The number of furan rings is 1. The number of methoxy groups -OCH3 is 1. The van der Waals surface area contributed by atoms with Crippen molar-refractivity contribution in [3.05, 3.63) is 60.1 Å². The first-order chi connectivity index (χ1) is 16.8. The van der Waals surface area contributed by atoms with E-state index in [2.05, 4.69) is 11.3 Å². The van der Waals surface area contributed by atoms with E-state index in [1.54, 1.807) is 12.3 Å². The van der Waals surface area contributed by atoms with Gasteiger partial charge in [0.05, 0.1) is 31.2 Å². The van der Waals surface area contributed by atoms with Gasteiger partial charge in [0.25, 0.3) is 5.91 Å². The number of nitrogens with zero attached hydrogens (tertiary/aromatic N) is 3. The molecular formula is C26H22F3N3O3. The van der Waals surface area contributed by atoms with E-state index in [1.165, 1.54) is 7.11 Å². The van der Waals surface area contributed by atoms with Crippen LogP contribution in [-0.2, 0) is 6.42 Å². The number of rotatable bonds is 5. The number of carbonyl (C=O) groups excluding carboxylic acids is 1. The van der Waals surface area contributed by atoms with E-state index >= 15 is 0 Å². The molecule has 2 aromatic carbocycles. The third kappa shape index (κ3) is 3.94. The van der Waals surface area contributed by atoms with Gasteiger partial charge in [0.15, 0.2) is 0 Å². The molecule has 0 unspecified atom stereocenters. The van der Waals surface area contributed by atoms with E-state index in [9.17, 15) is 18.0 Å². The Morgan fingerprint density at radius 1 is 1.14 bits per heavy atom. The van der Waals surface area contributed by atoms with Crippen molar-refractivity contribution in [3.63, 3.8) is 0 Å². The summed E-state index contributed by atoms with van der Waals surface area (Å²) >= 11 is 0. The highest BCUT2D eigenvalue weighted by Gasteiger charge is 2.37. The van der Waals surface area contributed by atoms with Gasteiger partial charge in [-0.2, -0.15) is 18.3 Å². The maximum absolute atomic E-state index is 12.9. The second-order valence-electron chi connectivity index (χ2n) is 9.11. The molecular weight excluding hydrogens is 459 g/mol. The van der Waals surface area contributed by atoms with Gasteiger partial charge in [-0.25, -0.2) is 0 Å². The molecule has 3 heterocycles. The number of amides is 1. The molecule has 0 saturated heterocycles. The van der Waals surface area contributed by atoms with Gasteiger partial charge in [-0.3, -0.25) is 9.48 Å². The van der Waals surface area contributed by atoms with Crippen LogP contribution in [0.2, 0.25) is 0 Å². The topological polar surface area (TPSA) is 60.5 Å². The van der Waals surface area contributed by atoms with E-state index in [0.717, 1.165) is 45.4 Å². The largest absolute Gasteiger partial charge is 0.496 e. The average Bonchev–Trinajstić information content (AvgIpc) is 3.40. The highest BCUT2D eigenvalue weighted by atomic mass is 19.4. The van der Waals surface area contributed by atoms with Crippen LogP contribution < -0.4 is 4.74 Å². The van der Waals surface area contributed by atoms with Crippen LogP contribution in [0.15, 0.2) is 53.4 Å². The lowest BCUT2D eigenvalue weighted by atomic mass is 9.92. The van der Waals surface area contributed by atoms with E-state index < -0.39 is 18.6 Å². The first-order valence-electron chi connectivity index (χ1n) is 11.4. The zero-order valence-corrected chi connectivity index (χ0v) is 18.9. The molecule has 6 rings (SSSR count). The molecule has 1 aliphatic heterocycles. The fourth-order valence-electron chi connectivity index (χ4n) is 4.77. The Balaban J connectivity index is 1.35. The fraction of sp³-hybridized carbons (Fsp3) is 0.308. The Morgan fingerprint density at radius 2 is 1.97 bits per heavy atom. The molecule has 0 radical (unpaired) electrons. The van der Waals surface area contributed by atoms with Crippen LogP contribution in [0.25, 0.3) is 33.2 Å². The Kier molecular flexibility index (Phi) is 4.91. The number of fused-ring (bicyclic) bond motifs is 2. The van der Waals surface area contributed by atoms with Crippen molar-refractivity contribution in [2.24, 2.45) is 0 Å². The van der Waals surface area contributed by atoms with Gasteiger partial charge in [0.1, 0.15) is 17.9 Å². The molecule has 9 heteroatoms. The number of halogens is 3. The molecule has 35 heavy (non-hydrogen) atoms. The van der Waals surface area contributed by atoms with E-state index in [0.29, 0.717) is 23.6 Å². The maximum atomic E-state index is 12.9. The summed E-state index contributed by atoms with van der Waals surface area (Å²) in [6, 6.07) is 10.0. The molecule has 1 amide bonds. The zero-order chi connectivity index (χ0) is 24.3. The van der Waals surface area contributed by atoms with Crippen molar-refractivity contribution in [2.75, 3.05) is 20.2 Å². The van der Waals surface area contributed by atoms with Gasteiger partial charge >= 0.3 is 6.18 Å². The molecule has 6 nitrogen and oxygen atoms in total. The lowest BCUT2D eigenvalue weighted by molar-refractivity contribution is -0.141. The van der Waals surface area contributed by atoms with Crippen LogP contribution >= 0.6 is 0 Å². The third-order valence-electron chi connectivity index (χ3n) is 6.67. The standard InChI is InChI=1S/C26H22F3N3O3/c1-34-23-10-17(8-16-6-7-31(14-26(27,28)29)25(33)24(16)23)21-13-35-22-9-15(2-5-20(21)22)18-11-30-32(12-18)19-3-4-19/h2,5,8-13,19H,3-4,6-7,14H2,1H3. The molecule has 1 saturated carbocycles. The number of carbonyl (C=O) groups is 1. The number of ether oxygens (including phenoxy) is 1. The molecule has 1 fully saturated rings. The van der Waals surface area contributed by atoms with Gasteiger partial charge in [0.2, 0.25) is 0 Å². The minimum absolute atomic E-state index is 0.00197. The van der Waals surface area contributed by atoms with Gasteiger partial charge in [-0.05, 0) is 60.2 Å². The van der Waals surface area contributed by atoms with E-state index in [-0.39, 0.29) is 17.9 Å². The fourth-order valence-corrected chi connectivity index (χ4v) is 4.77. The predicted octanol–water partition coefficient (Wildman–Crippen LogP) is 5.87. The van der Waals surface area contributed by atoms with Crippen LogP contribution in [0.1, 0.15) is 34.8 Å². The molecule has 0 spiro atoms. The first-order valence-corrected chi connectivity index (χ1v) is 11.4. The Labute approximate surface area is 198 Å². The number of benzene rings is 2. The molecule has 2 aromatic heterocycles. The number of alkyl halides is 3. The van der Waals surface area contributed by atoms with Crippen molar-refractivity contribution < 1.29 is 27.1 Å². The quantitative estimate of drug-likeness (QED) is 0.358. The third-order valence-corrected chi connectivity index (χ3v) is 6.67. The summed E-state index contributed by atoms with van der Waals surface area (Å²) in [5.41, 5.74) is 5.20. The molecule has 180 valence electrons. The summed E-state index contributed by atoms with van der Waals surface area (Å²) in [7, 11) is 1.41. The van der Waals surface area contributed by atoms with Gasteiger partial charge in [-0.1, -0.05) is 6.07 Å². The van der Waals surface area contributed by atoms with Gasteiger partial charge in [-0.15, -0.1) is 0 Å². The summed E-state index contributed by atoms with van der Waals surface area (Å²) in [4.78, 5) is 13.6. The lowest BCUT2D eigenvalue weighted by Gasteiger charge is -2.30. The van der Waals surface area contributed by atoms with Crippen LogP contribution in [0, 0.1) is 0 Å². The molecule has 0 N–H and O–H groups in total. The van der Waals surface area contributed by atoms with Gasteiger partial charge in [0, 0.05) is 29.3 Å². The van der Waals surface area contributed by atoms with E-state index in [4.69, 9.17) is 9.15 Å². The van der Waals surface area contributed by atoms with Crippen LogP contribution in [0.3, 0.4) is 0 Å². The number of hydrogen-bond acceptors (Lipinski definition) is 4. The molecule has 0 bridgehead atoms. The smallest absolute Gasteiger partial charge is 0.406 e. The van der Waals surface area contributed by atoms with Crippen LogP contribution in [-0.4, -0.2) is 47.0 Å². The highest BCUT2D eigenvalue weighted by Crippen LogP contribution is 2.39.